The second-order valence-electron chi connectivity index (χ2n) is 3.70. The molecule has 1 aromatic rings. The van der Waals surface area contributed by atoms with Gasteiger partial charge in [0.15, 0.2) is 0 Å². The number of hydrogen-bond acceptors (Lipinski definition) is 2. The number of hydrogen-bond donors (Lipinski definition) is 1. The maximum Gasteiger partial charge on any atom is 0.122 e. The van der Waals surface area contributed by atoms with Crippen molar-refractivity contribution in [3.8, 4) is 5.75 Å². The van der Waals surface area contributed by atoms with Crippen LogP contribution in [0.2, 0.25) is 0 Å². The molecule has 0 spiro atoms. The van der Waals surface area contributed by atoms with Crippen LogP contribution in [0.1, 0.15) is 24.5 Å². The number of rotatable bonds is 4. The molecule has 0 aromatic heterocycles. The molecule has 0 saturated carbocycles. The lowest BCUT2D eigenvalue weighted by Crippen LogP contribution is -2.02. The molecule has 1 atom stereocenters. The van der Waals surface area contributed by atoms with E-state index >= 15 is 0 Å². The van der Waals surface area contributed by atoms with Crippen LogP contribution in [0.15, 0.2) is 18.2 Å². The maximum atomic E-state index is 9.19. The Hall–Kier alpha value is -1.02. The highest BCUT2D eigenvalue weighted by atomic mass is 16.5. The van der Waals surface area contributed by atoms with Gasteiger partial charge in [0, 0.05) is 0 Å². The highest BCUT2D eigenvalue weighted by Crippen LogP contribution is 2.21. The van der Waals surface area contributed by atoms with Gasteiger partial charge in [-0.1, -0.05) is 12.1 Å². The van der Waals surface area contributed by atoms with Gasteiger partial charge in [0.2, 0.25) is 0 Å². The second kappa shape index (κ2) is 5.01. The van der Waals surface area contributed by atoms with Gasteiger partial charge in [0.1, 0.15) is 5.75 Å². The third-order valence-electron chi connectivity index (χ3n) is 2.27. The van der Waals surface area contributed by atoms with Crippen molar-refractivity contribution in [1.82, 2.24) is 0 Å². The highest BCUT2D eigenvalue weighted by molar-refractivity contribution is 5.37. The van der Waals surface area contributed by atoms with Crippen molar-refractivity contribution in [1.29, 1.82) is 0 Å². The Morgan fingerprint density at radius 3 is 2.71 bits per heavy atom. The molecule has 1 rings (SSSR count). The average Bonchev–Trinajstić information content (AvgIpc) is 2.15. The fraction of sp³-hybridized carbons (Fsp3) is 0.500. The Balaban J connectivity index is 2.75. The van der Waals surface area contributed by atoms with E-state index in [1.807, 2.05) is 13.0 Å². The first kappa shape index (κ1) is 11.1. The first-order valence-electron chi connectivity index (χ1n) is 4.95. The van der Waals surface area contributed by atoms with Crippen molar-refractivity contribution in [2.45, 2.75) is 32.8 Å². The SMILES string of the molecule is COc1cc(C)ccc1CCC(C)O. The molecule has 1 unspecified atom stereocenters. The van der Waals surface area contributed by atoms with E-state index < -0.39 is 0 Å². The molecule has 1 N–H and O–H groups in total. The molecule has 14 heavy (non-hydrogen) atoms. The minimum Gasteiger partial charge on any atom is -0.496 e. The van der Waals surface area contributed by atoms with E-state index in [4.69, 9.17) is 4.74 Å². The maximum absolute atomic E-state index is 9.19. The number of aliphatic hydroxyl groups excluding tert-OH is 1. The van der Waals surface area contributed by atoms with Crippen molar-refractivity contribution < 1.29 is 9.84 Å². The van der Waals surface area contributed by atoms with E-state index in [9.17, 15) is 5.11 Å². The smallest absolute Gasteiger partial charge is 0.122 e. The molecule has 0 aliphatic heterocycles. The summed E-state index contributed by atoms with van der Waals surface area (Å²) in [6.45, 7) is 3.85. The van der Waals surface area contributed by atoms with Crippen LogP contribution in [0.5, 0.6) is 5.75 Å². The zero-order valence-corrected chi connectivity index (χ0v) is 9.08. The van der Waals surface area contributed by atoms with E-state index in [2.05, 4.69) is 12.1 Å². The first-order chi connectivity index (χ1) is 6.63. The van der Waals surface area contributed by atoms with Crippen LogP contribution in [0.3, 0.4) is 0 Å². The molecular weight excluding hydrogens is 176 g/mol. The fourth-order valence-electron chi connectivity index (χ4n) is 1.42. The number of aryl methyl sites for hydroxylation is 2. The Bertz CT molecular complexity index is 292. The minimum atomic E-state index is -0.249. The summed E-state index contributed by atoms with van der Waals surface area (Å²) in [7, 11) is 1.68. The van der Waals surface area contributed by atoms with Gasteiger partial charge in [-0.3, -0.25) is 0 Å². The van der Waals surface area contributed by atoms with Gasteiger partial charge >= 0.3 is 0 Å². The van der Waals surface area contributed by atoms with Gasteiger partial charge in [-0.05, 0) is 43.9 Å². The lowest BCUT2D eigenvalue weighted by Gasteiger charge is -2.10. The van der Waals surface area contributed by atoms with Crippen LogP contribution in [-0.4, -0.2) is 18.3 Å². The van der Waals surface area contributed by atoms with E-state index in [0.29, 0.717) is 0 Å². The van der Waals surface area contributed by atoms with Crippen molar-refractivity contribution in [2.24, 2.45) is 0 Å². The van der Waals surface area contributed by atoms with Crippen LogP contribution in [0.4, 0.5) is 0 Å². The minimum absolute atomic E-state index is 0.249. The average molecular weight is 194 g/mol. The summed E-state index contributed by atoms with van der Waals surface area (Å²) in [5, 5.41) is 9.19. The van der Waals surface area contributed by atoms with Crippen molar-refractivity contribution >= 4 is 0 Å². The van der Waals surface area contributed by atoms with Crippen LogP contribution in [-0.2, 0) is 6.42 Å². The van der Waals surface area contributed by atoms with Crippen molar-refractivity contribution in [2.75, 3.05) is 7.11 Å². The molecular formula is C12H18O2. The Kier molecular flexibility index (Phi) is 3.96. The summed E-state index contributed by atoms with van der Waals surface area (Å²) in [5.74, 6) is 0.922. The summed E-state index contributed by atoms with van der Waals surface area (Å²) in [6, 6.07) is 6.16. The van der Waals surface area contributed by atoms with Gasteiger partial charge in [-0.25, -0.2) is 0 Å². The lowest BCUT2D eigenvalue weighted by atomic mass is 10.0. The van der Waals surface area contributed by atoms with Gasteiger partial charge < -0.3 is 9.84 Å². The molecule has 2 heteroatoms. The molecule has 0 fully saturated rings. The van der Waals surface area contributed by atoms with Crippen LogP contribution in [0, 0.1) is 6.92 Å². The Morgan fingerprint density at radius 2 is 2.14 bits per heavy atom. The number of methoxy groups -OCH3 is 1. The zero-order valence-electron chi connectivity index (χ0n) is 9.08. The number of aliphatic hydroxyl groups is 1. The second-order valence-corrected chi connectivity index (χ2v) is 3.70. The molecule has 2 nitrogen and oxygen atoms in total. The van der Waals surface area contributed by atoms with E-state index in [-0.39, 0.29) is 6.10 Å². The summed E-state index contributed by atoms with van der Waals surface area (Å²) >= 11 is 0. The topological polar surface area (TPSA) is 29.5 Å². The van der Waals surface area contributed by atoms with E-state index in [0.717, 1.165) is 18.6 Å². The predicted molar refractivity (Wildman–Crippen MR) is 57.7 cm³/mol. The molecule has 0 heterocycles. The fourth-order valence-corrected chi connectivity index (χ4v) is 1.42. The van der Waals surface area contributed by atoms with Gasteiger partial charge in [0.25, 0.3) is 0 Å². The van der Waals surface area contributed by atoms with E-state index in [1.54, 1.807) is 14.0 Å². The predicted octanol–water partition coefficient (Wildman–Crippen LogP) is 2.32. The Labute approximate surface area is 85.5 Å². The van der Waals surface area contributed by atoms with Crippen molar-refractivity contribution in [3.05, 3.63) is 29.3 Å². The normalized spacial score (nSPS) is 12.6. The van der Waals surface area contributed by atoms with Gasteiger partial charge in [0.05, 0.1) is 13.2 Å². The molecule has 78 valence electrons. The largest absolute Gasteiger partial charge is 0.496 e. The summed E-state index contributed by atoms with van der Waals surface area (Å²) < 4.78 is 5.28. The number of benzene rings is 1. The van der Waals surface area contributed by atoms with Crippen LogP contribution in [0.25, 0.3) is 0 Å². The molecule has 1 aromatic carbocycles. The third-order valence-corrected chi connectivity index (χ3v) is 2.27. The monoisotopic (exact) mass is 194 g/mol. The molecule has 0 aliphatic carbocycles. The van der Waals surface area contributed by atoms with Gasteiger partial charge in [-0.15, -0.1) is 0 Å². The first-order valence-corrected chi connectivity index (χ1v) is 4.95. The number of ether oxygens (including phenoxy) is 1. The zero-order chi connectivity index (χ0) is 10.6. The molecule has 0 amide bonds. The van der Waals surface area contributed by atoms with Crippen LogP contribution < -0.4 is 4.74 Å². The Morgan fingerprint density at radius 1 is 1.43 bits per heavy atom. The summed E-state index contributed by atoms with van der Waals surface area (Å²) in [6.07, 6.45) is 1.39. The summed E-state index contributed by atoms with van der Waals surface area (Å²) in [4.78, 5) is 0. The molecule has 0 radical (unpaired) electrons. The third kappa shape index (κ3) is 3.04. The highest BCUT2D eigenvalue weighted by Gasteiger charge is 2.04. The van der Waals surface area contributed by atoms with E-state index in [1.165, 1.54) is 11.1 Å². The van der Waals surface area contributed by atoms with Gasteiger partial charge in [-0.2, -0.15) is 0 Å². The lowest BCUT2D eigenvalue weighted by molar-refractivity contribution is 0.184. The quantitative estimate of drug-likeness (QED) is 0.797. The molecule has 0 bridgehead atoms. The van der Waals surface area contributed by atoms with Crippen LogP contribution >= 0.6 is 0 Å². The molecule has 0 saturated heterocycles. The summed E-state index contributed by atoms with van der Waals surface area (Å²) in [5.41, 5.74) is 2.36. The standard InChI is InChI=1S/C12H18O2/c1-9-4-6-11(7-5-10(2)13)12(8-9)14-3/h4,6,8,10,13H,5,7H2,1-3H3. The van der Waals surface area contributed by atoms with Crippen molar-refractivity contribution in [3.63, 3.8) is 0 Å². The molecule has 0 aliphatic rings.